The average Bonchev–Trinajstić information content (AvgIpc) is 3.27. The van der Waals surface area contributed by atoms with Crippen molar-refractivity contribution in [2.75, 3.05) is 5.32 Å². The summed E-state index contributed by atoms with van der Waals surface area (Å²) >= 11 is 8.92. The lowest BCUT2D eigenvalue weighted by Gasteiger charge is -2.06. The fourth-order valence-corrected chi connectivity index (χ4v) is 4.41. The Kier molecular flexibility index (Phi) is 5.66. The van der Waals surface area contributed by atoms with Gasteiger partial charge in [-0.2, -0.15) is 0 Å². The minimum atomic E-state index is -0.0707. The summed E-state index contributed by atoms with van der Waals surface area (Å²) in [5.74, 6) is 0.551. The predicted octanol–water partition coefficient (Wildman–Crippen LogP) is 5.72. The standard InChI is InChI=1S/C20H16ClN3O2S2/c1-12-4-2-3-5-15(12)23-18(25)9-19-22-14(10-27-19)11-28-20-24-16-8-13(21)6-7-17(16)26-20/h2-8,10H,9,11H2,1H3,(H,23,25). The summed E-state index contributed by atoms with van der Waals surface area (Å²) in [6, 6.07) is 13.1. The van der Waals surface area contributed by atoms with Crippen LogP contribution in [0.5, 0.6) is 0 Å². The van der Waals surface area contributed by atoms with Crippen molar-refractivity contribution in [3.8, 4) is 0 Å². The van der Waals surface area contributed by atoms with Gasteiger partial charge in [0.2, 0.25) is 5.91 Å². The Morgan fingerprint density at radius 3 is 2.96 bits per heavy atom. The van der Waals surface area contributed by atoms with Gasteiger partial charge in [0.1, 0.15) is 10.5 Å². The zero-order valence-electron chi connectivity index (χ0n) is 14.9. The van der Waals surface area contributed by atoms with Gasteiger partial charge in [-0.15, -0.1) is 11.3 Å². The number of carbonyl (C=O) groups is 1. The molecule has 0 saturated carbocycles. The number of aromatic nitrogens is 2. The Bertz CT molecular complexity index is 1140. The quantitative estimate of drug-likeness (QED) is 0.397. The van der Waals surface area contributed by atoms with E-state index >= 15 is 0 Å². The number of rotatable bonds is 6. The van der Waals surface area contributed by atoms with E-state index in [9.17, 15) is 4.79 Å². The molecule has 5 nitrogen and oxygen atoms in total. The lowest BCUT2D eigenvalue weighted by Crippen LogP contribution is -2.15. The number of thiazole rings is 1. The number of aryl methyl sites for hydroxylation is 1. The third kappa shape index (κ3) is 4.55. The molecule has 0 aliphatic rings. The van der Waals surface area contributed by atoms with Crippen LogP contribution in [0.4, 0.5) is 5.69 Å². The predicted molar refractivity (Wildman–Crippen MR) is 114 cm³/mol. The van der Waals surface area contributed by atoms with Crippen LogP contribution >= 0.6 is 34.7 Å². The summed E-state index contributed by atoms with van der Waals surface area (Å²) in [6.07, 6.45) is 0.255. The lowest BCUT2D eigenvalue weighted by molar-refractivity contribution is -0.115. The molecule has 0 bridgehead atoms. The smallest absolute Gasteiger partial charge is 0.257 e. The number of carbonyl (C=O) groups excluding carboxylic acids is 1. The van der Waals surface area contributed by atoms with Gasteiger partial charge in [0.15, 0.2) is 5.58 Å². The molecule has 2 aromatic carbocycles. The minimum Gasteiger partial charge on any atom is -0.431 e. The second-order valence-electron chi connectivity index (χ2n) is 6.15. The van der Waals surface area contributed by atoms with Gasteiger partial charge >= 0.3 is 0 Å². The molecule has 0 unspecified atom stereocenters. The van der Waals surface area contributed by atoms with Crippen molar-refractivity contribution < 1.29 is 9.21 Å². The Morgan fingerprint density at radius 1 is 1.25 bits per heavy atom. The van der Waals surface area contributed by atoms with Gasteiger partial charge in [0.25, 0.3) is 5.22 Å². The van der Waals surface area contributed by atoms with Crippen molar-refractivity contribution in [2.45, 2.75) is 24.3 Å². The van der Waals surface area contributed by atoms with E-state index < -0.39 is 0 Å². The summed E-state index contributed by atoms with van der Waals surface area (Å²) < 4.78 is 5.70. The van der Waals surface area contributed by atoms with Crippen molar-refractivity contribution >= 4 is 57.4 Å². The third-order valence-electron chi connectivity index (χ3n) is 4.00. The zero-order valence-corrected chi connectivity index (χ0v) is 17.3. The Balaban J connectivity index is 1.34. The number of benzene rings is 2. The van der Waals surface area contributed by atoms with E-state index in [4.69, 9.17) is 16.0 Å². The van der Waals surface area contributed by atoms with Crippen LogP contribution in [-0.2, 0) is 17.0 Å². The fourth-order valence-electron chi connectivity index (χ4n) is 2.62. The normalized spacial score (nSPS) is 11.1. The number of fused-ring (bicyclic) bond motifs is 1. The summed E-state index contributed by atoms with van der Waals surface area (Å²) in [6.45, 7) is 1.97. The van der Waals surface area contributed by atoms with E-state index in [-0.39, 0.29) is 12.3 Å². The van der Waals surface area contributed by atoms with E-state index in [1.807, 2.05) is 42.6 Å². The molecule has 0 radical (unpaired) electrons. The molecular weight excluding hydrogens is 414 g/mol. The highest BCUT2D eigenvalue weighted by molar-refractivity contribution is 7.98. The van der Waals surface area contributed by atoms with Gasteiger partial charge in [-0.1, -0.05) is 41.6 Å². The molecular formula is C20H16ClN3O2S2. The number of nitrogens with zero attached hydrogens (tertiary/aromatic N) is 2. The number of nitrogens with one attached hydrogen (secondary N) is 1. The number of thioether (sulfide) groups is 1. The lowest BCUT2D eigenvalue weighted by atomic mass is 10.2. The number of amides is 1. The third-order valence-corrected chi connectivity index (χ3v) is 6.00. The topological polar surface area (TPSA) is 68.0 Å². The van der Waals surface area contributed by atoms with Crippen molar-refractivity contribution in [3.63, 3.8) is 0 Å². The number of anilines is 1. The Labute approximate surface area is 175 Å². The molecule has 2 aromatic heterocycles. The number of hydrogen-bond acceptors (Lipinski definition) is 6. The van der Waals surface area contributed by atoms with E-state index in [1.165, 1.54) is 23.1 Å². The number of para-hydroxylation sites is 1. The summed E-state index contributed by atoms with van der Waals surface area (Å²) in [7, 11) is 0. The largest absolute Gasteiger partial charge is 0.431 e. The van der Waals surface area contributed by atoms with Gasteiger partial charge in [-0.3, -0.25) is 4.79 Å². The first-order valence-corrected chi connectivity index (χ1v) is 10.8. The van der Waals surface area contributed by atoms with Crippen molar-refractivity contribution in [1.82, 2.24) is 9.97 Å². The molecule has 4 rings (SSSR count). The minimum absolute atomic E-state index is 0.0707. The van der Waals surface area contributed by atoms with Crippen LogP contribution in [0.3, 0.4) is 0 Å². The van der Waals surface area contributed by atoms with Gasteiger partial charge in [-0.25, -0.2) is 9.97 Å². The van der Waals surface area contributed by atoms with Crippen molar-refractivity contribution in [3.05, 3.63) is 69.1 Å². The molecule has 0 aliphatic heterocycles. The van der Waals surface area contributed by atoms with Gasteiger partial charge < -0.3 is 9.73 Å². The molecule has 2 heterocycles. The number of halogens is 1. The van der Waals surface area contributed by atoms with Gasteiger partial charge in [0, 0.05) is 21.8 Å². The Hall–Kier alpha value is -2.35. The SMILES string of the molecule is Cc1ccccc1NC(=O)Cc1nc(CSc2nc3cc(Cl)ccc3o2)cs1. The highest BCUT2D eigenvalue weighted by Gasteiger charge is 2.12. The van der Waals surface area contributed by atoms with Crippen LogP contribution in [0, 0.1) is 6.92 Å². The highest BCUT2D eigenvalue weighted by Crippen LogP contribution is 2.28. The molecule has 1 N–H and O–H groups in total. The summed E-state index contributed by atoms with van der Waals surface area (Å²) in [5.41, 5.74) is 4.21. The molecule has 0 atom stereocenters. The first-order valence-electron chi connectivity index (χ1n) is 8.54. The van der Waals surface area contributed by atoms with Crippen LogP contribution in [0.1, 0.15) is 16.3 Å². The number of oxazole rings is 1. The van der Waals surface area contributed by atoms with Crippen molar-refractivity contribution in [1.29, 1.82) is 0 Å². The van der Waals surface area contributed by atoms with E-state index in [0.717, 1.165) is 27.5 Å². The van der Waals surface area contributed by atoms with E-state index in [2.05, 4.69) is 15.3 Å². The number of hydrogen-bond donors (Lipinski definition) is 1. The van der Waals surface area contributed by atoms with Crippen LogP contribution in [0.25, 0.3) is 11.1 Å². The molecule has 28 heavy (non-hydrogen) atoms. The molecule has 4 aromatic rings. The first-order chi connectivity index (χ1) is 13.6. The molecule has 0 spiro atoms. The summed E-state index contributed by atoms with van der Waals surface area (Å²) in [4.78, 5) is 21.2. The molecule has 0 aliphatic carbocycles. The van der Waals surface area contributed by atoms with Gasteiger partial charge in [-0.05, 0) is 36.8 Å². The van der Waals surface area contributed by atoms with Crippen LogP contribution in [0.15, 0.2) is 57.5 Å². The van der Waals surface area contributed by atoms with Crippen LogP contribution in [0.2, 0.25) is 5.02 Å². The molecule has 8 heteroatoms. The van der Waals surface area contributed by atoms with E-state index in [1.54, 1.807) is 12.1 Å². The zero-order chi connectivity index (χ0) is 19.5. The van der Waals surface area contributed by atoms with Crippen molar-refractivity contribution in [2.24, 2.45) is 0 Å². The molecule has 142 valence electrons. The van der Waals surface area contributed by atoms with Crippen LogP contribution < -0.4 is 5.32 Å². The van der Waals surface area contributed by atoms with Gasteiger partial charge in [0.05, 0.1) is 12.1 Å². The van der Waals surface area contributed by atoms with Crippen LogP contribution in [-0.4, -0.2) is 15.9 Å². The Morgan fingerprint density at radius 2 is 2.11 bits per heavy atom. The summed E-state index contributed by atoms with van der Waals surface area (Å²) in [5, 5.41) is 6.88. The first kappa shape index (κ1) is 19.0. The highest BCUT2D eigenvalue weighted by atomic mass is 35.5. The second-order valence-corrected chi connectivity index (χ2v) is 8.46. The maximum atomic E-state index is 12.3. The van der Waals surface area contributed by atoms with E-state index in [0.29, 0.717) is 21.6 Å². The average molecular weight is 430 g/mol. The maximum Gasteiger partial charge on any atom is 0.257 e. The monoisotopic (exact) mass is 429 g/mol. The maximum absolute atomic E-state index is 12.3. The fraction of sp³-hybridized carbons (Fsp3) is 0.150. The molecule has 0 fully saturated rings. The second kappa shape index (κ2) is 8.34. The molecule has 1 amide bonds. The molecule has 0 saturated heterocycles.